The second-order valence-corrected chi connectivity index (χ2v) is 5.42. The number of rotatable bonds is 2. The van der Waals surface area contributed by atoms with E-state index in [9.17, 15) is 4.79 Å². The van der Waals surface area contributed by atoms with Gasteiger partial charge in [0.1, 0.15) is 6.10 Å². The average molecular weight is 245 g/mol. The van der Waals surface area contributed by atoms with Crippen LogP contribution in [0.1, 0.15) is 36.0 Å². The zero-order chi connectivity index (χ0) is 12.5. The molecule has 2 aliphatic rings. The number of benzene rings is 1. The van der Waals surface area contributed by atoms with Crippen LogP contribution in [-0.2, 0) is 4.74 Å². The smallest absolute Gasteiger partial charge is 0.338 e. The second-order valence-electron chi connectivity index (χ2n) is 5.42. The Morgan fingerprint density at radius 3 is 2.39 bits per heavy atom. The van der Waals surface area contributed by atoms with Crippen molar-refractivity contribution in [3.8, 4) is 0 Å². The molecule has 2 saturated heterocycles. The predicted molar refractivity (Wildman–Crippen MR) is 69.5 cm³/mol. The fourth-order valence-corrected chi connectivity index (χ4v) is 3.25. The van der Waals surface area contributed by atoms with Crippen molar-refractivity contribution in [2.45, 2.75) is 43.9 Å². The van der Waals surface area contributed by atoms with Crippen LogP contribution in [0.2, 0.25) is 0 Å². The van der Waals surface area contributed by atoms with E-state index in [1.807, 2.05) is 30.3 Å². The molecule has 2 aliphatic heterocycles. The van der Waals surface area contributed by atoms with Gasteiger partial charge in [-0.05, 0) is 32.0 Å². The average Bonchev–Trinajstić information content (AvgIpc) is 2.63. The van der Waals surface area contributed by atoms with Gasteiger partial charge in [0, 0.05) is 24.9 Å². The van der Waals surface area contributed by atoms with Crippen molar-refractivity contribution in [3.63, 3.8) is 0 Å². The molecule has 0 unspecified atom stereocenters. The van der Waals surface area contributed by atoms with Crippen molar-refractivity contribution in [1.82, 2.24) is 4.90 Å². The summed E-state index contributed by atoms with van der Waals surface area (Å²) in [5, 5.41) is 0. The highest BCUT2D eigenvalue weighted by Gasteiger charge is 2.39. The fraction of sp³-hybridized carbons (Fsp3) is 0.533. The quantitative estimate of drug-likeness (QED) is 0.750. The first kappa shape index (κ1) is 11.7. The number of ether oxygens (including phenoxy) is 1. The van der Waals surface area contributed by atoms with Crippen molar-refractivity contribution in [2.24, 2.45) is 0 Å². The molecular formula is C15H19NO2. The minimum absolute atomic E-state index is 0.103. The maximum absolute atomic E-state index is 12.0. The van der Waals surface area contributed by atoms with E-state index in [1.165, 1.54) is 12.8 Å². The first-order valence-corrected chi connectivity index (χ1v) is 6.72. The molecule has 2 bridgehead atoms. The van der Waals surface area contributed by atoms with Crippen molar-refractivity contribution in [1.29, 1.82) is 0 Å². The molecule has 0 spiro atoms. The molecule has 0 aliphatic carbocycles. The van der Waals surface area contributed by atoms with Gasteiger partial charge >= 0.3 is 5.97 Å². The van der Waals surface area contributed by atoms with Crippen LogP contribution in [-0.4, -0.2) is 36.1 Å². The van der Waals surface area contributed by atoms with Gasteiger partial charge in [-0.2, -0.15) is 0 Å². The Balaban J connectivity index is 1.63. The van der Waals surface area contributed by atoms with E-state index in [4.69, 9.17) is 4.74 Å². The number of hydrogen-bond donors (Lipinski definition) is 0. The molecule has 1 aromatic rings. The Morgan fingerprint density at radius 2 is 1.78 bits per heavy atom. The Hall–Kier alpha value is -1.35. The van der Waals surface area contributed by atoms with Gasteiger partial charge < -0.3 is 9.64 Å². The van der Waals surface area contributed by atoms with E-state index in [1.54, 1.807) is 0 Å². The molecule has 3 nitrogen and oxygen atoms in total. The summed E-state index contributed by atoms with van der Waals surface area (Å²) in [5.74, 6) is -0.176. The molecule has 3 heteroatoms. The summed E-state index contributed by atoms with van der Waals surface area (Å²) in [4.78, 5) is 14.4. The Labute approximate surface area is 108 Å². The van der Waals surface area contributed by atoms with Gasteiger partial charge in [-0.3, -0.25) is 0 Å². The summed E-state index contributed by atoms with van der Waals surface area (Å²) in [7, 11) is 2.19. The van der Waals surface area contributed by atoms with Crippen molar-refractivity contribution < 1.29 is 9.53 Å². The molecule has 2 fully saturated rings. The molecule has 0 aromatic heterocycles. The van der Waals surface area contributed by atoms with Crippen LogP contribution in [0, 0.1) is 0 Å². The van der Waals surface area contributed by atoms with Crippen molar-refractivity contribution in [3.05, 3.63) is 35.9 Å². The van der Waals surface area contributed by atoms with Crippen LogP contribution >= 0.6 is 0 Å². The number of esters is 1. The highest BCUT2D eigenvalue weighted by Crippen LogP contribution is 2.35. The highest BCUT2D eigenvalue weighted by atomic mass is 16.5. The lowest BCUT2D eigenvalue weighted by molar-refractivity contribution is -0.000447. The van der Waals surface area contributed by atoms with E-state index < -0.39 is 0 Å². The van der Waals surface area contributed by atoms with Crippen LogP contribution in [0.5, 0.6) is 0 Å². The third kappa shape index (κ3) is 2.15. The fourth-order valence-electron chi connectivity index (χ4n) is 3.25. The Kier molecular flexibility index (Phi) is 3.08. The van der Waals surface area contributed by atoms with Gasteiger partial charge in [-0.1, -0.05) is 18.2 Å². The number of nitrogens with zero attached hydrogens (tertiary/aromatic N) is 1. The Bertz CT molecular complexity index is 417. The first-order valence-electron chi connectivity index (χ1n) is 6.72. The summed E-state index contributed by atoms with van der Waals surface area (Å²) in [6.45, 7) is 0. The Morgan fingerprint density at radius 1 is 1.17 bits per heavy atom. The van der Waals surface area contributed by atoms with Gasteiger partial charge in [0.2, 0.25) is 0 Å². The van der Waals surface area contributed by atoms with E-state index in [2.05, 4.69) is 11.9 Å². The summed E-state index contributed by atoms with van der Waals surface area (Å²) in [6, 6.07) is 10.5. The molecular weight excluding hydrogens is 226 g/mol. The van der Waals surface area contributed by atoms with Gasteiger partial charge in [-0.25, -0.2) is 4.79 Å². The van der Waals surface area contributed by atoms with Crippen LogP contribution in [0.4, 0.5) is 0 Å². The lowest BCUT2D eigenvalue weighted by Crippen LogP contribution is -2.43. The summed E-state index contributed by atoms with van der Waals surface area (Å²) < 4.78 is 5.64. The van der Waals surface area contributed by atoms with E-state index in [-0.39, 0.29) is 12.1 Å². The third-order valence-corrected chi connectivity index (χ3v) is 4.34. The third-order valence-electron chi connectivity index (χ3n) is 4.34. The van der Waals surface area contributed by atoms with Crippen molar-refractivity contribution >= 4 is 5.97 Å². The lowest BCUT2D eigenvalue weighted by atomic mass is 10.0. The van der Waals surface area contributed by atoms with Gasteiger partial charge in [0.15, 0.2) is 0 Å². The zero-order valence-corrected chi connectivity index (χ0v) is 10.7. The van der Waals surface area contributed by atoms with E-state index in [0.717, 1.165) is 12.8 Å². The van der Waals surface area contributed by atoms with Crippen LogP contribution in [0.15, 0.2) is 30.3 Å². The molecule has 0 radical (unpaired) electrons. The number of piperidine rings is 1. The molecule has 2 atom stereocenters. The SMILES string of the molecule is CN1[C@H]2CC[C@H]1CC(OC(=O)c1ccccc1)C2. The predicted octanol–water partition coefficient (Wildman–Crippen LogP) is 2.47. The topological polar surface area (TPSA) is 29.5 Å². The van der Waals surface area contributed by atoms with Gasteiger partial charge in [0.25, 0.3) is 0 Å². The molecule has 0 saturated carbocycles. The maximum atomic E-state index is 12.0. The molecule has 18 heavy (non-hydrogen) atoms. The summed E-state index contributed by atoms with van der Waals surface area (Å²) in [6.07, 6.45) is 4.59. The molecule has 2 heterocycles. The first-order chi connectivity index (χ1) is 8.74. The van der Waals surface area contributed by atoms with Crippen LogP contribution in [0.25, 0.3) is 0 Å². The minimum Gasteiger partial charge on any atom is -0.459 e. The summed E-state index contributed by atoms with van der Waals surface area (Å²) in [5.41, 5.74) is 0.656. The highest BCUT2D eigenvalue weighted by molar-refractivity contribution is 5.89. The van der Waals surface area contributed by atoms with E-state index >= 15 is 0 Å². The molecule has 3 rings (SSSR count). The zero-order valence-electron chi connectivity index (χ0n) is 10.7. The monoisotopic (exact) mass is 245 g/mol. The number of hydrogen-bond acceptors (Lipinski definition) is 3. The molecule has 0 N–H and O–H groups in total. The summed E-state index contributed by atoms with van der Waals surface area (Å²) >= 11 is 0. The van der Waals surface area contributed by atoms with Crippen LogP contribution in [0.3, 0.4) is 0 Å². The molecule has 1 aromatic carbocycles. The molecule has 96 valence electrons. The van der Waals surface area contributed by atoms with Crippen LogP contribution < -0.4 is 0 Å². The number of fused-ring (bicyclic) bond motifs is 2. The standard InChI is InChI=1S/C15H19NO2/c1-16-12-7-8-13(16)10-14(9-12)18-15(17)11-5-3-2-4-6-11/h2-6,12-14H,7-10H2,1H3/t12-,13-/m0/s1. The molecule has 0 amide bonds. The van der Waals surface area contributed by atoms with Gasteiger partial charge in [0.05, 0.1) is 5.56 Å². The largest absolute Gasteiger partial charge is 0.459 e. The van der Waals surface area contributed by atoms with E-state index in [0.29, 0.717) is 17.6 Å². The number of carbonyl (C=O) groups is 1. The lowest BCUT2D eigenvalue weighted by Gasteiger charge is -2.35. The van der Waals surface area contributed by atoms with Crippen molar-refractivity contribution in [2.75, 3.05) is 7.05 Å². The van der Waals surface area contributed by atoms with Gasteiger partial charge in [-0.15, -0.1) is 0 Å². The maximum Gasteiger partial charge on any atom is 0.338 e. The minimum atomic E-state index is -0.176. The number of carbonyl (C=O) groups excluding carboxylic acids is 1. The second kappa shape index (κ2) is 4.73. The normalized spacial score (nSPS) is 31.3.